The fraction of sp³-hybridized carbons (Fsp3) is 0.143. The molecule has 0 fully saturated rings. The van der Waals surface area contributed by atoms with E-state index in [2.05, 4.69) is 0 Å². The van der Waals surface area contributed by atoms with Crippen molar-refractivity contribution >= 4 is 12.8 Å². The third-order valence-electron chi connectivity index (χ3n) is 1.37. The zero-order valence-corrected chi connectivity index (χ0v) is 6.07. The fourth-order valence-electron chi connectivity index (χ4n) is 0.931. The topological polar surface area (TPSA) is 66.5 Å². The summed E-state index contributed by atoms with van der Waals surface area (Å²) >= 11 is 0. The van der Waals surface area contributed by atoms with Crippen molar-refractivity contribution in [2.24, 2.45) is 0 Å². The van der Waals surface area contributed by atoms with Crippen LogP contribution >= 0.6 is 0 Å². The van der Waals surface area contributed by atoms with E-state index in [9.17, 15) is 0 Å². The van der Waals surface area contributed by atoms with Crippen molar-refractivity contribution in [2.45, 2.75) is 6.32 Å². The van der Waals surface area contributed by atoms with E-state index in [4.69, 9.17) is 15.8 Å². The largest absolute Gasteiger partial charge is 0.456 e. The van der Waals surface area contributed by atoms with Crippen molar-refractivity contribution in [2.75, 3.05) is 5.73 Å². The smallest absolute Gasteiger partial charge is 0.427 e. The third-order valence-corrected chi connectivity index (χ3v) is 1.37. The first kappa shape index (κ1) is 8.10. The Morgan fingerprint density at radius 2 is 2.09 bits per heavy atom. The number of rotatable bonds is 2. The van der Waals surface area contributed by atoms with E-state index < -0.39 is 7.12 Å². The molecule has 0 radical (unpaired) electrons. The van der Waals surface area contributed by atoms with Crippen molar-refractivity contribution in [3.63, 3.8) is 0 Å². The summed E-state index contributed by atoms with van der Waals surface area (Å²) in [4.78, 5) is 0. The molecule has 0 aliphatic heterocycles. The van der Waals surface area contributed by atoms with Crippen molar-refractivity contribution in [3.05, 3.63) is 29.8 Å². The minimum atomic E-state index is -1.29. The Hall–Kier alpha value is -0.995. The van der Waals surface area contributed by atoms with E-state index in [1.165, 1.54) is 0 Å². The average Bonchev–Trinajstić information content (AvgIpc) is 1.85. The SMILES string of the molecule is Nc1cccc(CB(O)O)c1. The number of nitrogen functional groups attached to an aromatic ring is 1. The Morgan fingerprint density at radius 3 is 2.64 bits per heavy atom. The normalized spacial score (nSPS) is 9.64. The second kappa shape index (κ2) is 3.41. The standard InChI is InChI=1S/C7H10BNO2/c9-7-3-1-2-6(4-7)5-8(10)11/h1-4,10-11H,5,9H2. The summed E-state index contributed by atoms with van der Waals surface area (Å²) in [7, 11) is -1.29. The Morgan fingerprint density at radius 1 is 1.36 bits per heavy atom. The maximum absolute atomic E-state index is 8.61. The van der Waals surface area contributed by atoms with Crippen LogP contribution in [0.2, 0.25) is 0 Å². The van der Waals surface area contributed by atoms with E-state index in [-0.39, 0.29) is 6.32 Å². The van der Waals surface area contributed by atoms with Gasteiger partial charge < -0.3 is 15.8 Å². The lowest BCUT2D eigenvalue weighted by molar-refractivity contribution is 0.405. The number of hydrogen-bond donors (Lipinski definition) is 3. The summed E-state index contributed by atoms with van der Waals surface area (Å²) < 4.78 is 0. The zero-order valence-electron chi connectivity index (χ0n) is 6.07. The quantitative estimate of drug-likeness (QED) is 0.405. The molecule has 0 bridgehead atoms. The highest BCUT2D eigenvalue weighted by molar-refractivity contribution is 6.40. The second-order valence-corrected chi connectivity index (χ2v) is 2.43. The van der Waals surface area contributed by atoms with Gasteiger partial charge in [0.05, 0.1) is 0 Å². The van der Waals surface area contributed by atoms with Crippen LogP contribution in [0, 0.1) is 0 Å². The number of nitrogens with two attached hydrogens (primary N) is 1. The van der Waals surface area contributed by atoms with Crippen LogP contribution in [0.1, 0.15) is 5.56 Å². The van der Waals surface area contributed by atoms with Gasteiger partial charge in [-0.05, 0) is 17.7 Å². The van der Waals surface area contributed by atoms with Gasteiger partial charge in [-0.3, -0.25) is 0 Å². The Labute approximate surface area is 65.6 Å². The van der Waals surface area contributed by atoms with Crippen LogP contribution in [0.25, 0.3) is 0 Å². The molecule has 0 amide bonds. The second-order valence-electron chi connectivity index (χ2n) is 2.43. The molecule has 0 unspecified atom stereocenters. The van der Waals surface area contributed by atoms with Crippen LogP contribution < -0.4 is 5.73 Å². The molecule has 58 valence electrons. The minimum absolute atomic E-state index is 0.227. The maximum atomic E-state index is 8.61. The lowest BCUT2D eigenvalue weighted by Crippen LogP contribution is -2.15. The maximum Gasteiger partial charge on any atom is 0.456 e. The molecule has 11 heavy (non-hydrogen) atoms. The predicted molar refractivity (Wildman–Crippen MR) is 44.8 cm³/mol. The van der Waals surface area contributed by atoms with Crippen LogP contribution in [0.5, 0.6) is 0 Å². The van der Waals surface area contributed by atoms with Gasteiger partial charge >= 0.3 is 7.12 Å². The Bertz CT molecular complexity index is 240. The van der Waals surface area contributed by atoms with Gasteiger partial charge in [-0.1, -0.05) is 12.1 Å². The van der Waals surface area contributed by atoms with Crippen molar-refractivity contribution in [1.29, 1.82) is 0 Å². The number of anilines is 1. The summed E-state index contributed by atoms with van der Waals surface area (Å²) in [5.41, 5.74) is 6.95. The molecule has 0 spiro atoms. The third kappa shape index (κ3) is 2.61. The molecule has 0 aliphatic carbocycles. The number of hydrogen-bond acceptors (Lipinski definition) is 3. The molecule has 0 aromatic heterocycles. The zero-order chi connectivity index (χ0) is 8.27. The molecular formula is C7H10BNO2. The fourth-order valence-corrected chi connectivity index (χ4v) is 0.931. The highest BCUT2D eigenvalue weighted by atomic mass is 16.4. The van der Waals surface area contributed by atoms with Gasteiger partial charge in [0.25, 0.3) is 0 Å². The predicted octanol–water partition coefficient (Wildman–Crippen LogP) is -0.177. The average molecular weight is 151 g/mol. The molecular weight excluding hydrogens is 141 g/mol. The summed E-state index contributed by atoms with van der Waals surface area (Å²) in [6, 6.07) is 7.07. The molecule has 0 atom stereocenters. The molecule has 0 saturated heterocycles. The molecule has 0 saturated carbocycles. The molecule has 3 nitrogen and oxygen atoms in total. The molecule has 4 N–H and O–H groups in total. The van der Waals surface area contributed by atoms with Crippen molar-refractivity contribution in [3.8, 4) is 0 Å². The van der Waals surface area contributed by atoms with E-state index in [1.807, 2.05) is 0 Å². The summed E-state index contributed by atoms with van der Waals surface area (Å²) in [6.45, 7) is 0. The Balaban J connectivity index is 2.71. The van der Waals surface area contributed by atoms with E-state index in [0.29, 0.717) is 5.69 Å². The summed E-state index contributed by atoms with van der Waals surface area (Å²) in [5, 5.41) is 17.2. The highest BCUT2D eigenvalue weighted by Crippen LogP contribution is 2.06. The molecule has 1 rings (SSSR count). The lowest BCUT2D eigenvalue weighted by Gasteiger charge is -1.99. The van der Waals surface area contributed by atoms with Gasteiger partial charge in [0.2, 0.25) is 0 Å². The minimum Gasteiger partial charge on any atom is -0.427 e. The number of benzene rings is 1. The van der Waals surface area contributed by atoms with Crippen molar-refractivity contribution in [1.82, 2.24) is 0 Å². The van der Waals surface area contributed by atoms with Gasteiger partial charge in [0.15, 0.2) is 0 Å². The van der Waals surface area contributed by atoms with Gasteiger partial charge in [0, 0.05) is 12.0 Å². The lowest BCUT2D eigenvalue weighted by atomic mass is 9.82. The Kier molecular flexibility index (Phi) is 2.51. The van der Waals surface area contributed by atoms with Gasteiger partial charge in [-0.2, -0.15) is 0 Å². The monoisotopic (exact) mass is 151 g/mol. The molecule has 1 aromatic rings. The molecule has 4 heteroatoms. The van der Waals surface area contributed by atoms with E-state index in [0.717, 1.165) is 5.56 Å². The summed E-state index contributed by atoms with van der Waals surface area (Å²) in [6.07, 6.45) is 0.227. The first-order valence-electron chi connectivity index (χ1n) is 3.39. The van der Waals surface area contributed by atoms with Crippen LogP contribution in [-0.4, -0.2) is 17.2 Å². The van der Waals surface area contributed by atoms with E-state index in [1.54, 1.807) is 24.3 Å². The molecule has 0 aliphatic rings. The molecule has 0 heterocycles. The van der Waals surface area contributed by atoms with Gasteiger partial charge in [-0.15, -0.1) is 0 Å². The summed E-state index contributed by atoms with van der Waals surface area (Å²) in [5.74, 6) is 0. The first-order valence-corrected chi connectivity index (χ1v) is 3.39. The van der Waals surface area contributed by atoms with Crippen molar-refractivity contribution < 1.29 is 10.0 Å². The van der Waals surface area contributed by atoms with Crippen LogP contribution in [0.4, 0.5) is 5.69 Å². The van der Waals surface area contributed by atoms with Gasteiger partial charge in [-0.25, -0.2) is 0 Å². The highest BCUT2D eigenvalue weighted by Gasteiger charge is 2.06. The van der Waals surface area contributed by atoms with Gasteiger partial charge in [0.1, 0.15) is 0 Å². The van der Waals surface area contributed by atoms with Crippen LogP contribution in [0.15, 0.2) is 24.3 Å². The van der Waals surface area contributed by atoms with Crippen LogP contribution in [0.3, 0.4) is 0 Å². The van der Waals surface area contributed by atoms with Crippen LogP contribution in [-0.2, 0) is 6.32 Å². The first-order chi connectivity index (χ1) is 5.18. The molecule has 1 aromatic carbocycles. The van der Waals surface area contributed by atoms with E-state index >= 15 is 0 Å².